The minimum Gasteiger partial charge on any atom is -0.497 e. The summed E-state index contributed by atoms with van der Waals surface area (Å²) in [4.78, 5) is 30.8. The molecule has 6 nitrogen and oxygen atoms in total. The van der Waals surface area contributed by atoms with Gasteiger partial charge in [0.1, 0.15) is 18.1 Å². The van der Waals surface area contributed by atoms with E-state index >= 15 is 0 Å². The molecule has 0 spiro atoms. The van der Waals surface area contributed by atoms with Gasteiger partial charge in [0, 0.05) is 18.2 Å². The summed E-state index contributed by atoms with van der Waals surface area (Å²) in [5.74, 6) is 1.12. The first-order valence-corrected chi connectivity index (χ1v) is 11.9. The Morgan fingerprint density at radius 3 is 2.44 bits per heavy atom. The van der Waals surface area contributed by atoms with Gasteiger partial charge in [-0.3, -0.25) is 9.59 Å². The van der Waals surface area contributed by atoms with Crippen LogP contribution in [0.4, 0.5) is 0 Å². The van der Waals surface area contributed by atoms with Crippen LogP contribution in [0.15, 0.2) is 77.4 Å². The summed E-state index contributed by atoms with van der Waals surface area (Å²) in [6, 6.07) is 20.8. The fraction of sp³-hybridized carbons (Fsp3) is 0.357. The van der Waals surface area contributed by atoms with Crippen molar-refractivity contribution in [2.24, 2.45) is 0 Å². The molecule has 2 aromatic carbocycles. The molecule has 34 heavy (non-hydrogen) atoms. The van der Waals surface area contributed by atoms with Gasteiger partial charge < -0.3 is 19.0 Å². The molecule has 0 unspecified atom stereocenters. The summed E-state index contributed by atoms with van der Waals surface area (Å²) in [6.45, 7) is 0.840. The monoisotopic (exact) mass is 460 g/mol. The number of methoxy groups -OCH3 is 1. The van der Waals surface area contributed by atoms with Crippen LogP contribution in [0, 0.1) is 0 Å². The van der Waals surface area contributed by atoms with Crippen LogP contribution >= 0.6 is 0 Å². The second kappa shape index (κ2) is 11.5. The average molecular weight is 461 g/mol. The molecule has 1 aromatic heterocycles. The second-order valence-electron chi connectivity index (χ2n) is 8.77. The smallest absolute Gasteiger partial charge is 0.254 e. The van der Waals surface area contributed by atoms with E-state index in [4.69, 9.17) is 9.15 Å². The number of nitrogens with zero attached hydrogens (tertiary/aromatic N) is 2. The van der Waals surface area contributed by atoms with E-state index in [0.29, 0.717) is 30.2 Å². The Hall–Kier alpha value is -3.54. The van der Waals surface area contributed by atoms with Crippen LogP contribution in [0.5, 0.6) is 5.75 Å². The molecule has 6 heteroatoms. The third-order valence-electron chi connectivity index (χ3n) is 6.39. The Balaban J connectivity index is 1.57. The topological polar surface area (TPSA) is 63.0 Å². The van der Waals surface area contributed by atoms with E-state index in [1.54, 1.807) is 35.3 Å². The number of rotatable bonds is 9. The van der Waals surface area contributed by atoms with Gasteiger partial charge in [-0.15, -0.1) is 0 Å². The lowest BCUT2D eigenvalue weighted by atomic mass is 9.93. The number of ether oxygens (including phenoxy) is 1. The molecule has 1 saturated carbocycles. The van der Waals surface area contributed by atoms with Crippen LogP contribution in [0.1, 0.15) is 53.8 Å². The van der Waals surface area contributed by atoms with Crippen molar-refractivity contribution in [1.82, 2.24) is 9.80 Å². The molecule has 1 heterocycles. The van der Waals surface area contributed by atoms with Crippen LogP contribution in [0.3, 0.4) is 0 Å². The van der Waals surface area contributed by atoms with Gasteiger partial charge in [-0.1, -0.05) is 55.7 Å². The molecular weight excluding hydrogens is 428 g/mol. The van der Waals surface area contributed by atoms with E-state index in [2.05, 4.69) is 0 Å². The highest BCUT2D eigenvalue weighted by Crippen LogP contribution is 2.25. The molecule has 3 aromatic rings. The number of carbonyl (C=O) groups is 2. The Kier molecular flexibility index (Phi) is 8.02. The molecule has 0 N–H and O–H groups in total. The Morgan fingerprint density at radius 2 is 1.74 bits per heavy atom. The number of furan rings is 1. The van der Waals surface area contributed by atoms with Crippen molar-refractivity contribution in [3.63, 3.8) is 0 Å². The maximum atomic E-state index is 13.7. The van der Waals surface area contributed by atoms with Gasteiger partial charge in [-0.05, 0) is 48.7 Å². The maximum Gasteiger partial charge on any atom is 0.254 e. The van der Waals surface area contributed by atoms with Crippen molar-refractivity contribution in [2.45, 2.75) is 51.2 Å². The zero-order valence-corrected chi connectivity index (χ0v) is 19.7. The maximum absolute atomic E-state index is 13.7. The zero-order chi connectivity index (χ0) is 23.8. The first kappa shape index (κ1) is 23.6. The van der Waals surface area contributed by atoms with E-state index in [1.807, 2.05) is 54.6 Å². The van der Waals surface area contributed by atoms with Crippen molar-refractivity contribution in [1.29, 1.82) is 0 Å². The van der Waals surface area contributed by atoms with Gasteiger partial charge >= 0.3 is 0 Å². The first-order valence-electron chi connectivity index (χ1n) is 11.9. The molecule has 0 aliphatic heterocycles. The van der Waals surface area contributed by atoms with Crippen molar-refractivity contribution < 1.29 is 18.7 Å². The van der Waals surface area contributed by atoms with E-state index in [0.717, 1.165) is 31.2 Å². The van der Waals surface area contributed by atoms with Crippen molar-refractivity contribution >= 4 is 11.8 Å². The fourth-order valence-corrected chi connectivity index (χ4v) is 4.55. The third-order valence-corrected chi connectivity index (χ3v) is 6.39. The molecule has 2 amide bonds. The Bertz CT molecular complexity index is 1060. The molecule has 0 atom stereocenters. The normalized spacial score (nSPS) is 13.9. The molecule has 1 fully saturated rings. The number of carbonyl (C=O) groups excluding carboxylic acids is 2. The summed E-state index contributed by atoms with van der Waals surface area (Å²) in [5, 5.41) is 0. The van der Waals surface area contributed by atoms with Crippen LogP contribution in [0.2, 0.25) is 0 Å². The van der Waals surface area contributed by atoms with Gasteiger partial charge in [-0.2, -0.15) is 0 Å². The molecule has 0 saturated heterocycles. The molecule has 0 bridgehead atoms. The second-order valence-corrected chi connectivity index (χ2v) is 8.77. The highest BCUT2D eigenvalue weighted by atomic mass is 16.5. The number of benzene rings is 2. The predicted octanol–water partition coefficient (Wildman–Crippen LogP) is 5.29. The fourth-order valence-electron chi connectivity index (χ4n) is 4.55. The largest absolute Gasteiger partial charge is 0.497 e. The van der Waals surface area contributed by atoms with Crippen molar-refractivity contribution in [3.8, 4) is 5.75 Å². The number of amides is 2. The SMILES string of the molecule is COc1cccc(C(=O)N(CC(=O)N(Cc2ccccc2)Cc2ccco2)C2CCCCC2)c1. The average Bonchev–Trinajstić information content (AvgIpc) is 3.41. The van der Waals surface area contributed by atoms with E-state index in [9.17, 15) is 9.59 Å². The standard InChI is InChI=1S/C28H32N2O4/c1-33-25-15-8-12-23(18-25)28(32)30(24-13-6-3-7-14-24)21-27(31)29(20-26-16-9-17-34-26)19-22-10-4-2-5-11-22/h2,4-5,8-12,15-18,24H,3,6-7,13-14,19-21H2,1H3. The number of hydrogen-bond donors (Lipinski definition) is 0. The van der Waals surface area contributed by atoms with Crippen molar-refractivity contribution in [3.05, 3.63) is 89.9 Å². The molecule has 4 rings (SSSR count). The zero-order valence-electron chi connectivity index (χ0n) is 19.7. The minimum atomic E-state index is -0.128. The molecule has 178 valence electrons. The van der Waals surface area contributed by atoms with Crippen LogP contribution < -0.4 is 4.74 Å². The molecule has 1 aliphatic rings. The Morgan fingerprint density at radius 1 is 0.941 bits per heavy atom. The Labute approximate surface area is 201 Å². The number of hydrogen-bond acceptors (Lipinski definition) is 4. The van der Waals surface area contributed by atoms with E-state index in [1.165, 1.54) is 6.42 Å². The van der Waals surface area contributed by atoms with E-state index in [-0.39, 0.29) is 24.4 Å². The van der Waals surface area contributed by atoms with Crippen LogP contribution in [0.25, 0.3) is 0 Å². The first-order chi connectivity index (χ1) is 16.6. The lowest BCUT2D eigenvalue weighted by Crippen LogP contribution is -2.48. The summed E-state index contributed by atoms with van der Waals surface area (Å²) < 4.78 is 10.8. The molecular formula is C28H32N2O4. The van der Waals surface area contributed by atoms with Crippen LogP contribution in [-0.2, 0) is 17.9 Å². The quantitative estimate of drug-likeness (QED) is 0.435. The van der Waals surface area contributed by atoms with Gasteiger partial charge in [-0.25, -0.2) is 0 Å². The highest BCUT2D eigenvalue weighted by Gasteiger charge is 2.30. The third kappa shape index (κ3) is 6.07. The molecule has 0 radical (unpaired) electrons. The van der Waals surface area contributed by atoms with Gasteiger partial charge in [0.2, 0.25) is 5.91 Å². The summed E-state index contributed by atoms with van der Waals surface area (Å²) in [5.41, 5.74) is 1.57. The highest BCUT2D eigenvalue weighted by molar-refractivity contribution is 5.97. The summed E-state index contributed by atoms with van der Waals surface area (Å²) in [7, 11) is 1.59. The van der Waals surface area contributed by atoms with Gasteiger partial charge in [0.05, 0.1) is 19.9 Å². The van der Waals surface area contributed by atoms with Crippen LogP contribution in [-0.4, -0.2) is 41.3 Å². The predicted molar refractivity (Wildman–Crippen MR) is 130 cm³/mol. The van der Waals surface area contributed by atoms with Gasteiger partial charge in [0.15, 0.2) is 0 Å². The van der Waals surface area contributed by atoms with E-state index < -0.39 is 0 Å². The van der Waals surface area contributed by atoms with Crippen molar-refractivity contribution in [2.75, 3.05) is 13.7 Å². The lowest BCUT2D eigenvalue weighted by molar-refractivity contribution is -0.134. The minimum absolute atomic E-state index is 0.0360. The summed E-state index contributed by atoms with van der Waals surface area (Å²) >= 11 is 0. The molecule has 1 aliphatic carbocycles. The lowest BCUT2D eigenvalue weighted by Gasteiger charge is -2.35. The summed E-state index contributed by atoms with van der Waals surface area (Å²) in [6.07, 6.45) is 6.76. The van der Waals surface area contributed by atoms with Gasteiger partial charge in [0.25, 0.3) is 5.91 Å².